The van der Waals surface area contributed by atoms with Crippen molar-refractivity contribution < 1.29 is 4.74 Å². The van der Waals surface area contributed by atoms with Crippen molar-refractivity contribution in [3.8, 4) is 5.75 Å². The third-order valence-electron chi connectivity index (χ3n) is 3.51. The third kappa shape index (κ3) is 2.82. The molecule has 1 unspecified atom stereocenters. The van der Waals surface area contributed by atoms with Crippen LogP contribution in [0, 0.1) is 13.8 Å². The molecule has 3 heteroatoms. The summed E-state index contributed by atoms with van der Waals surface area (Å²) in [6.45, 7) is 4.21. The maximum Gasteiger partial charge on any atom is 0.124 e. The number of methoxy groups -OCH3 is 1. The first-order chi connectivity index (χ1) is 9.04. The normalized spacial score (nSPS) is 12.3. The lowest BCUT2D eigenvalue weighted by atomic mass is 9.93. The van der Waals surface area contributed by atoms with Gasteiger partial charge in [0, 0.05) is 10.0 Å². The van der Waals surface area contributed by atoms with E-state index in [1.165, 1.54) is 11.1 Å². The van der Waals surface area contributed by atoms with E-state index >= 15 is 0 Å². The van der Waals surface area contributed by atoms with E-state index in [0.717, 1.165) is 21.3 Å². The SMILES string of the molecule is COc1ccc(Br)cc1C(N)c1cccc(C)c1C. The van der Waals surface area contributed by atoms with Gasteiger partial charge in [0.1, 0.15) is 5.75 Å². The van der Waals surface area contributed by atoms with Crippen molar-refractivity contribution >= 4 is 15.9 Å². The van der Waals surface area contributed by atoms with Crippen LogP contribution in [0.2, 0.25) is 0 Å². The fraction of sp³-hybridized carbons (Fsp3) is 0.250. The lowest BCUT2D eigenvalue weighted by Gasteiger charge is -2.19. The predicted molar refractivity (Wildman–Crippen MR) is 82.6 cm³/mol. The van der Waals surface area contributed by atoms with Crippen LogP contribution >= 0.6 is 15.9 Å². The van der Waals surface area contributed by atoms with Gasteiger partial charge in [-0.05, 0) is 48.7 Å². The van der Waals surface area contributed by atoms with Gasteiger partial charge in [-0.2, -0.15) is 0 Å². The predicted octanol–water partition coefficient (Wildman–Crippen LogP) is 4.12. The maximum atomic E-state index is 6.43. The molecule has 2 N–H and O–H groups in total. The third-order valence-corrected chi connectivity index (χ3v) is 4.00. The van der Waals surface area contributed by atoms with Gasteiger partial charge in [-0.1, -0.05) is 34.1 Å². The first-order valence-electron chi connectivity index (χ1n) is 6.19. The Morgan fingerprint density at radius 3 is 2.53 bits per heavy atom. The monoisotopic (exact) mass is 319 g/mol. The number of nitrogens with two attached hydrogens (primary N) is 1. The number of aryl methyl sites for hydroxylation is 1. The average Bonchev–Trinajstić information content (AvgIpc) is 2.41. The Bertz CT molecular complexity index is 595. The molecule has 0 radical (unpaired) electrons. The van der Waals surface area contributed by atoms with E-state index in [1.807, 2.05) is 24.3 Å². The summed E-state index contributed by atoms with van der Waals surface area (Å²) in [5.74, 6) is 0.816. The van der Waals surface area contributed by atoms with Crippen LogP contribution in [0.5, 0.6) is 5.75 Å². The molecule has 0 spiro atoms. The summed E-state index contributed by atoms with van der Waals surface area (Å²) < 4.78 is 6.42. The Morgan fingerprint density at radius 1 is 1.11 bits per heavy atom. The molecule has 2 aromatic rings. The van der Waals surface area contributed by atoms with Gasteiger partial charge in [-0.3, -0.25) is 0 Å². The van der Waals surface area contributed by atoms with Crippen molar-refractivity contribution in [2.75, 3.05) is 7.11 Å². The molecule has 0 bridgehead atoms. The molecule has 100 valence electrons. The van der Waals surface area contributed by atoms with Crippen LogP contribution in [0.3, 0.4) is 0 Å². The van der Waals surface area contributed by atoms with Crippen molar-refractivity contribution in [1.82, 2.24) is 0 Å². The molecular formula is C16H18BrNO. The molecular weight excluding hydrogens is 302 g/mol. The van der Waals surface area contributed by atoms with Crippen LogP contribution in [0.1, 0.15) is 28.3 Å². The van der Waals surface area contributed by atoms with Crippen molar-refractivity contribution in [2.45, 2.75) is 19.9 Å². The highest BCUT2D eigenvalue weighted by Gasteiger charge is 2.16. The minimum Gasteiger partial charge on any atom is -0.496 e. The second kappa shape index (κ2) is 5.76. The van der Waals surface area contributed by atoms with Crippen LogP contribution in [-0.2, 0) is 0 Å². The summed E-state index contributed by atoms with van der Waals surface area (Å²) in [6, 6.07) is 11.9. The lowest BCUT2D eigenvalue weighted by Crippen LogP contribution is -2.15. The van der Waals surface area contributed by atoms with Crippen molar-refractivity contribution in [3.63, 3.8) is 0 Å². The number of hydrogen-bond acceptors (Lipinski definition) is 2. The highest BCUT2D eigenvalue weighted by atomic mass is 79.9. The summed E-state index contributed by atoms with van der Waals surface area (Å²) in [5.41, 5.74) is 11.0. The lowest BCUT2D eigenvalue weighted by molar-refractivity contribution is 0.407. The van der Waals surface area contributed by atoms with Crippen molar-refractivity contribution in [3.05, 3.63) is 63.1 Å². The molecule has 2 aromatic carbocycles. The Labute approximate surface area is 122 Å². The Morgan fingerprint density at radius 2 is 1.84 bits per heavy atom. The van der Waals surface area contributed by atoms with Crippen molar-refractivity contribution in [2.24, 2.45) is 5.73 Å². The molecule has 0 amide bonds. The molecule has 0 aliphatic rings. The quantitative estimate of drug-likeness (QED) is 0.923. The molecule has 19 heavy (non-hydrogen) atoms. The molecule has 0 fully saturated rings. The van der Waals surface area contributed by atoms with Gasteiger partial charge < -0.3 is 10.5 Å². The fourth-order valence-electron chi connectivity index (χ4n) is 2.23. The van der Waals surface area contributed by atoms with E-state index in [-0.39, 0.29) is 6.04 Å². The number of benzene rings is 2. The van der Waals surface area contributed by atoms with Crippen LogP contribution in [0.4, 0.5) is 0 Å². The molecule has 0 aliphatic carbocycles. The molecule has 0 saturated heterocycles. The first kappa shape index (κ1) is 14.1. The zero-order valence-electron chi connectivity index (χ0n) is 11.4. The Balaban J connectivity index is 2.52. The standard InChI is InChI=1S/C16H18BrNO/c1-10-5-4-6-13(11(10)2)16(18)14-9-12(17)7-8-15(14)19-3/h4-9,16H,18H2,1-3H3. The zero-order valence-corrected chi connectivity index (χ0v) is 13.0. The van der Waals surface area contributed by atoms with Gasteiger partial charge in [0.05, 0.1) is 13.2 Å². The van der Waals surface area contributed by atoms with Gasteiger partial charge in [0.2, 0.25) is 0 Å². The average molecular weight is 320 g/mol. The van der Waals surface area contributed by atoms with Crippen LogP contribution in [0.25, 0.3) is 0 Å². The highest BCUT2D eigenvalue weighted by molar-refractivity contribution is 9.10. The number of rotatable bonds is 3. The maximum absolute atomic E-state index is 6.43. The van der Waals surface area contributed by atoms with Gasteiger partial charge in [0.15, 0.2) is 0 Å². The highest BCUT2D eigenvalue weighted by Crippen LogP contribution is 2.32. The van der Waals surface area contributed by atoms with Crippen LogP contribution < -0.4 is 10.5 Å². The summed E-state index contributed by atoms with van der Waals surface area (Å²) in [4.78, 5) is 0. The molecule has 2 nitrogen and oxygen atoms in total. The molecule has 0 saturated carbocycles. The number of ether oxygens (including phenoxy) is 1. The van der Waals surface area contributed by atoms with Gasteiger partial charge >= 0.3 is 0 Å². The molecule has 0 heterocycles. The van der Waals surface area contributed by atoms with Crippen LogP contribution in [-0.4, -0.2) is 7.11 Å². The van der Waals surface area contributed by atoms with E-state index in [2.05, 4.69) is 41.9 Å². The molecule has 0 aromatic heterocycles. The smallest absolute Gasteiger partial charge is 0.124 e. The van der Waals surface area contributed by atoms with Gasteiger partial charge in [-0.25, -0.2) is 0 Å². The number of hydrogen-bond donors (Lipinski definition) is 1. The summed E-state index contributed by atoms with van der Waals surface area (Å²) >= 11 is 3.49. The minimum atomic E-state index is -0.188. The van der Waals surface area contributed by atoms with E-state index in [1.54, 1.807) is 7.11 Å². The zero-order chi connectivity index (χ0) is 14.0. The first-order valence-corrected chi connectivity index (χ1v) is 6.99. The van der Waals surface area contributed by atoms with E-state index < -0.39 is 0 Å². The van der Waals surface area contributed by atoms with Crippen LogP contribution in [0.15, 0.2) is 40.9 Å². The Kier molecular flexibility index (Phi) is 4.27. The topological polar surface area (TPSA) is 35.2 Å². The minimum absolute atomic E-state index is 0.188. The molecule has 2 rings (SSSR count). The summed E-state index contributed by atoms with van der Waals surface area (Å²) in [7, 11) is 1.67. The van der Waals surface area contributed by atoms with Gasteiger partial charge in [-0.15, -0.1) is 0 Å². The second-order valence-corrected chi connectivity index (χ2v) is 5.57. The van der Waals surface area contributed by atoms with Gasteiger partial charge in [0.25, 0.3) is 0 Å². The van der Waals surface area contributed by atoms with Crippen molar-refractivity contribution in [1.29, 1.82) is 0 Å². The summed E-state index contributed by atoms with van der Waals surface area (Å²) in [5, 5.41) is 0. The van der Waals surface area contributed by atoms with E-state index in [4.69, 9.17) is 10.5 Å². The summed E-state index contributed by atoms with van der Waals surface area (Å²) in [6.07, 6.45) is 0. The molecule has 0 aliphatic heterocycles. The number of halogens is 1. The molecule has 1 atom stereocenters. The second-order valence-electron chi connectivity index (χ2n) is 4.65. The Hall–Kier alpha value is -1.32. The fourth-order valence-corrected chi connectivity index (χ4v) is 2.61. The van der Waals surface area contributed by atoms with E-state index in [9.17, 15) is 0 Å². The van der Waals surface area contributed by atoms with E-state index in [0.29, 0.717) is 0 Å². The largest absolute Gasteiger partial charge is 0.496 e.